The molecule has 1 heterocycles. The molecule has 1 aromatic carbocycles. The number of carbonyl (C=O) groups is 1. The molecule has 0 bridgehead atoms. The van der Waals surface area contributed by atoms with Crippen molar-refractivity contribution in [2.75, 3.05) is 13.1 Å². The molecule has 0 aromatic heterocycles. The number of benzene rings is 1. The molecule has 0 spiro atoms. The van der Waals surface area contributed by atoms with Gasteiger partial charge in [-0.3, -0.25) is 4.79 Å². The average molecular weight is 331 g/mol. The molecule has 0 aliphatic carbocycles. The van der Waals surface area contributed by atoms with Crippen LogP contribution in [0.4, 0.5) is 0 Å². The Bertz CT molecular complexity index is 439. The maximum atomic E-state index is 12.1. The molecular weight excluding hydrogens is 307 g/mol. The first kappa shape index (κ1) is 20.0. The van der Waals surface area contributed by atoms with Crippen LogP contribution >= 0.6 is 24.8 Å². The summed E-state index contributed by atoms with van der Waals surface area (Å²) in [6.07, 6.45) is 4.23. The van der Waals surface area contributed by atoms with Crippen LogP contribution < -0.4 is 5.73 Å². The summed E-state index contributed by atoms with van der Waals surface area (Å²) in [5, 5.41) is 0. The molecule has 5 heteroatoms. The van der Waals surface area contributed by atoms with E-state index in [2.05, 4.69) is 18.7 Å². The number of likely N-dealkylation sites (tertiary alicyclic amines) is 1. The van der Waals surface area contributed by atoms with Gasteiger partial charge in [-0.05, 0) is 18.4 Å². The highest BCUT2D eigenvalue weighted by atomic mass is 35.5. The van der Waals surface area contributed by atoms with Crippen molar-refractivity contribution >= 4 is 30.7 Å². The molecule has 118 valence electrons. The molecule has 0 radical (unpaired) electrons. The van der Waals surface area contributed by atoms with Crippen molar-refractivity contribution in [1.82, 2.24) is 4.90 Å². The van der Waals surface area contributed by atoms with Crippen LogP contribution in [0.25, 0.3) is 0 Å². The molecule has 1 aromatic rings. The Kier molecular flexibility index (Phi) is 9.34. The molecule has 2 rings (SSSR count). The number of halogens is 2. The third kappa shape index (κ3) is 5.34. The smallest absolute Gasteiger partial charge is 0.222 e. The predicted molar refractivity (Wildman–Crippen MR) is 92.3 cm³/mol. The van der Waals surface area contributed by atoms with E-state index in [1.165, 1.54) is 5.56 Å². The summed E-state index contributed by atoms with van der Waals surface area (Å²) < 4.78 is 0. The fourth-order valence-electron chi connectivity index (χ4n) is 2.64. The molecule has 1 saturated heterocycles. The lowest BCUT2D eigenvalue weighted by Gasteiger charge is -2.16. The second-order valence-corrected chi connectivity index (χ2v) is 5.16. The largest absolute Gasteiger partial charge is 0.340 e. The summed E-state index contributed by atoms with van der Waals surface area (Å²) in [6.45, 7) is 5.10. The molecule has 1 amide bonds. The van der Waals surface area contributed by atoms with Crippen molar-refractivity contribution in [3.8, 4) is 0 Å². The number of rotatable bonds is 5. The fraction of sp³-hybridized carbons (Fsp3) is 0.438. The molecule has 2 N–H and O–H groups in total. The van der Waals surface area contributed by atoms with Crippen molar-refractivity contribution < 1.29 is 4.79 Å². The van der Waals surface area contributed by atoms with Crippen molar-refractivity contribution in [2.45, 2.75) is 31.2 Å². The van der Waals surface area contributed by atoms with Gasteiger partial charge < -0.3 is 10.6 Å². The number of nitrogens with two attached hydrogens (primary N) is 1. The zero-order chi connectivity index (χ0) is 13.7. The lowest BCUT2D eigenvalue weighted by atomic mass is 9.95. The van der Waals surface area contributed by atoms with Crippen LogP contribution in [0.3, 0.4) is 0 Å². The maximum Gasteiger partial charge on any atom is 0.222 e. The number of allylic oxidation sites excluding steroid dienone is 1. The van der Waals surface area contributed by atoms with E-state index in [9.17, 15) is 4.79 Å². The first-order valence-electron chi connectivity index (χ1n) is 6.91. The minimum absolute atomic E-state index is 0. The van der Waals surface area contributed by atoms with E-state index in [4.69, 9.17) is 5.73 Å². The molecule has 0 unspecified atom stereocenters. The Morgan fingerprint density at radius 1 is 1.29 bits per heavy atom. The number of nitrogens with zero attached hydrogens (tertiary/aromatic N) is 1. The van der Waals surface area contributed by atoms with E-state index >= 15 is 0 Å². The van der Waals surface area contributed by atoms with Crippen LogP contribution in [0.2, 0.25) is 0 Å². The highest BCUT2D eigenvalue weighted by Crippen LogP contribution is 2.26. The van der Waals surface area contributed by atoms with Gasteiger partial charge in [-0.15, -0.1) is 31.4 Å². The number of hydrogen-bond donors (Lipinski definition) is 1. The van der Waals surface area contributed by atoms with E-state index in [1.54, 1.807) is 0 Å². The Morgan fingerprint density at radius 2 is 1.95 bits per heavy atom. The van der Waals surface area contributed by atoms with E-state index in [1.807, 2.05) is 29.2 Å². The summed E-state index contributed by atoms with van der Waals surface area (Å²) in [5.41, 5.74) is 7.42. The van der Waals surface area contributed by atoms with Crippen molar-refractivity contribution in [3.63, 3.8) is 0 Å². The topological polar surface area (TPSA) is 46.3 Å². The molecule has 21 heavy (non-hydrogen) atoms. The Hall–Kier alpha value is -1.03. The van der Waals surface area contributed by atoms with Crippen LogP contribution in [0.5, 0.6) is 0 Å². The third-order valence-electron chi connectivity index (χ3n) is 3.74. The average Bonchev–Trinajstić information content (AvgIpc) is 2.82. The summed E-state index contributed by atoms with van der Waals surface area (Å²) in [7, 11) is 0. The molecule has 3 nitrogen and oxygen atoms in total. The molecule has 1 aliphatic rings. The summed E-state index contributed by atoms with van der Waals surface area (Å²) >= 11 is 0. The second kappa shape index (κ2) is 9.82. The van der Waals surface area contributed by atoms with Gasteiger partial charge >= 0.3 is 0 Å². The van der Waals surface area contributed by atoms with Crippen molar-refractivity contribution in [3.05, 3.63) is 48.6 Å². The lowest BCUT2D eigenvalue weighted by molar-refractivity contribution is -0.130. The molecule has 1 fully saturated rings. The quantitative estimate of drug-likeness (QED) is 0.665. The van der Waals surface area contributed by atoms with Gasteiger partial charge in [0.2, 0.25) is 5.91 Å². The van der Waals surface area contributed by atoms with Gasteiger partial charge in [0.1, 0.15) is 0 Å². The molecule has 0 saturated carbocycles. The van der Waals surface area contributed by atoms with Crippen LogP contribution in [0.15, 0.2) is 43.0 Å². The van der Waals surface area contributed by atoms with E-state index in [-0.39, 0.29) is 42.7 Å². The highest BCUT2D eigenvalue weighted by Gasteiger charge is 2.33. The van der Waals surface area contributed by atoms with Crippen LogP contribution in [-0.4, -0.2) is 29.9 Å². The normalized spacial score (nSPS) is 20.3. The van der Waals surface area contributed by atoms with Gasteiger partial charge in [-0.25, -0.2) is 0 Å². The molecular formula is C16H24Cl2N2O. The summed E-state index contributed by atoms with van der Waals surface area (Å²) in [6, 6.07) is 10.3. The fourth-order valence-corrected chi connectivity index (χ4v) is 2.64. The number of carbonyl (C=O) groups excluding carboxylic acids is 1. The lowest BCUT2D eigenvalue weighted by Crippen LogP contribution is -2.32. The Labute approximate surface area is 139 Å². The third-order valence-corrected chi connectivity index (χ3v) is 3.74. The molecule has 1 aliphatic heterocycles. The van der Waals surface area contributed by atoms with Gasteiger partial charge in [-0.2, -0.15) is 0 Å². The van der Waals surface area contributed by atoms with Crippen LogP contribution in [0, 0.1) is 0 Å². The standard InChI is InChI=1S/C16H22N2O.2ClH/c1-2-3-5-10-16(19)18-11-14(15(17)12-18)13-8-6-4-7-9-13;;/h2,4,6-9,14-15H,1,3,5,10-12,17H2;2*1H/t14-,15+;;/m0../s1. The minimum Gasteiger partial charge on any atom is -0.340 e. The van der Waals surface area contributed by atoms with E-state index < -0.39 is 0 Å². The van der Waals surface area contributed by atoms with Crippen LogP contribution in [-0.2, 0) is 4.79 Å². The summed E-state index contributed by atoms with van der Waals surface area (Å²) in [5.74, 6) is 0.486. The Morgan fingerprint density at radius 3 is 2.57 bits per heavy atom. The minimum atomic E-state index is 0. The second-order valence-electron chi connectivity index (χ2n) is 5.16. The van der Waals surface area contributed by atoms with Crippen LogP contribution in [0.1, 0.15) is 30.7 Å². The highest BCUT2D eigenvalue weighted by molar-refractivity contribution is 5.85. The van der Waals surface area contributed by atoms with Gasteiger partial charge in [0.15, 0.2) is 0 Å². The maximum absolute atomic E-state index is 12.1. The van der Waals surface area contributed by atoms with Gasteiger partial charge in [0.05, 0.1) is 0 Å². The van der Waals surface area contributed by atoms with Crippen molar-refractivity contribution in [2.24, 2.45) is 5.73 Å². The summed E-state index contributed by atoms with van der Waals surface area (Å²) in [4.78, 5) is 14.0. The number of hydrogen-bond acceptors (Lipinski definition) is 2. The molecule has 2 atom stereocenters. The number of amides is 1. The Balaban J connectivity index is 0.00000200. The van der Waals surface area contributed by atoms with Gasteiger partial charge in [0.25, 0.3) is 0 Å². The van der Waals surface area contributed by atoms with E-state index in [0.29, 0.717) is 13.0 Å². The number of unbranched alkanes of at least 4 members (excludes halogenated alkanes) is 1. The zero-order valence-corrected chi connectivity index (χ0v) is 13.7. The van der Waals surface area contributed by atoms with E-state index in [0.717, 1.165) is 19.4 Å². The zero-order valence-electron chi connectivity index (χ0n) is 12.1. The van der Waals surface area contributed by atoms with Gasteiger partial charge in [-0.1, -0.05) is 36.4 Å². The van der Waals surface area contributed by atoms with Crippen molar-refractivity contribution in [1.29, 1.82) is 0 Å². The first-order chi connectivity index (χ1) is 9.22. The predicted octanol–water partition coefficient (Wildman–Crippen LogP) is 3.14. The SMILES string of the molecule is C=CCCCC(=O)N1C[C@@H](N)[C@H](c2ccccc2)C1.Cl.Cl. The van der Waals surface area contributed by atoms with Gasteiger partial charge in [0, 0.05) is 31.5 Å². The first-order valence-corrected chi connectivity index (χ1v) is 6.91. The monoisotopic (exact) mass is 330 g/mol.